The van der Waals surface area contributed by atoms with Gasteiger partial charge in [0.1, 0.15) is 11.5 Å². The van der Waals surface area contributed by atoms with E-state index in [1.807, 2.05) is 12.1 Å². The van der Waals surface area contributed by atoms with Crippen molar-refractivity contribution in [1.82, 2.24) is 0 Å². The van der Waals surface area contributed by atoms with Crippen molar-refractivity contribution in [2.24, 2.45) is 5.73 Å². The molecular formula is C12H15NO4. The Kier molecular flexibility index (Phi) is 3.19. The van der Waals surface area contributed by atoms with Crippen molar-refractivity contribution in [1.29, 1.82) is 0 Å². The molecule has 0 amide bonds. The zero-order valence-electron chi connectivity index (χ0n) is 9.80. The lowest BCUT2D eigenvalue weighted by atomic mass is 9.97. The van der Waals surface area contributed by atoms with Crippen LogP contribution in [0.3, 0.4) is 0 Å². The molecule has 0 spiro atoms. The van der Waals surface area contributed by atoms with E-state index in [1.54, 1.807) is 13.2 Å². The summed E-state index contributed by atoms with van der Waals surface area (Å²) in [6, 6.07) is 5.17. The van der Waals surface area contributed by atoms with Gasteiger partial charge in [-0.1, -0.05) is 6.07 Å². The summed E-state index contributed by atoms with van der Waals surface area (Å²) in [6.45, 7) is 0. The van der Waals surface area contributed by atoms with E-state index in [9.17, 15) is 4.79 Å². The summed E-state index contributed by atoms with van der Waals surface area (Å²) in [5.41, 5.74) is 6.87. The number of benzene rings is 1. The van der Waals surface area contributed by atoms with Crippen molar-refractivity contribution in [2.45, 2.75) is 18.6 Å². The molecule has 0 radical (unpaired) electrons. The molecule has 1 aliphatic heterocycles. The number of methoxy groups -OCH3 is 2. The molecule has 1 aliphatic rings. The Balaban J connectivity index is 2.30. The van der Waals surface area contributed by atoms with E-state index < -0.39 is 12.1 Å². The Labute approximate surface area is 99.5 Å². The van der Waals surface area contributed by atoms with Crippen LogP contribution in [0.1, 0.15) is 18.0 Å². The van der Waals surface area contributed by atoms with Gasteiger partial charge in [0.15, 0.2) is 6.10 Å². The zero-order valence-corrected chi connectivity index (χ0v) is 9.80. The maximum atomic E-state index is 11.4. The molecule has 5 nitrogen and oxygen atoms in total. The van der Waals surface area contributed by atoms with E-state index in [2.05, 4.69) is 4.74 Å². The molecule has 0 unspecified atom stereocenters. The van der Waals surface area contributed by atoms with E-state index in [0.29, 0.717) is 17.9 Å². The molecule has 0 aromatic heterocycles. The maximum Gasteiger partial charge on any atom is 0.347 e. The van der Waals surface area contributed by atoms with E-state index in [1.165, 1.54) is 7.11 Å². The van der Waals surface area contributed by atoms with Gasteiger partial charge in [0, 0.05) is 24.1 Å². The van der Waals surface area contributed by atoms with E-state index in [4.69, 9.17) is 15.2 Å². The van der Waals surface area contributed by atoms with Crippen LogP contribution in [0.15, 0.2) is 18.2 Å². The largest absolute Gasteiger partial charge is 0.497 e. The van der Waals surface area contributed by atoms with Crippen LogP contribution in [-0.2, 0) is 9.53 Å². The summed E-state index contributed by atoms with van der Waals surface area (Å²) in [7, 11) is 2.90. The Hall–Kier alpha value is -1.75. The number of rotatable bonds is 2. The first-order valence-corrected chi connectivity index (χ1v) is 5.33. The molecule has 0 saturated carbocycles. The molecular weight excluding hydrogens is 222 g/mol. The first-order valence-electron chi connectivity index (χ1n) is 5.33. The fourth-order valence-corrected chi connectivity index (χ4v) is 1.88. The fraction of sp³-hybridized carbons (Fsp3) is 0.417. The third-order valence-electron chi connectivity index (χ3n) is 2.82. The van der Waals surface area contributed by atoms with Gasteiger partial charge in [-0.15, -0.1) is 0 Å². The van der Waals surface area contributed by atoms with Gasteiger partial charge >= 0.3 is 5.97 Å². The first kappa shape index (κ1) is 11.7. The molecule has 1 aromatic rings. The van der Waals surface area contributed by atoms with Crippen molar-refractivity contribution < 1.29 is 19.0 Å². The predicted molar refractivity (Wildman–Crippen MR) is 61.0 cm³/mol. The SMILES string of the molecule is COC(=O)[C@@H]1C[C@@H](N)c2ccc(OC)cc2O1. The van der Waals surface area contributed by atoms with E-state index in [-0.39, 0.29) is 6.04 Å². The summed E-state index contributed by atoms with van der Waals surface area (Å²) in [4.78, 5) is 11.4. The van der Waals surface area contributed by atoms with Gasteiger partial charge in [0.25, 0.3) is 0 Å². The Morgan fingerprint density at radius 1 is 1.47 bits per heavy atom. The van der Waals surface area contributed by atoms with Gasteiger partial charge in [-0.25, -0.2) is 4.79 Å². The molecule has 0 saturated heterocycles. The van der Waals surface area contributed by atoms with Crippen LogP contribution < -0.4 is 15.2 Å². The Morgan fingerprint density at radius 2 is 2.24 bits per heavy atom. The summed E-state index contributed by atoms with van der Waals surface area (Å²) >= 11 is 0. The van der Waals surface area contributed by atoms with Crippen molar-refractivity contribution in [3.63, 3.8) is 0 Å². The smallest absolute Gasteiger partial charge is 0.347 e. The van der Waals surface area contributed by atoms with Crippen molar-refractivity contribution >= 4 is 5.97 Å². The van der Waals surface area contributed by atoms with Crippen LogP contribution >= 0.6 is 0 Å². The van der Waals surface area contributed by atoms with Gasteiger partial charge in [-0.2, -0.15) is 0 Å². The molecule has 2 atom stereocenters. The molecule has 0 bridgehead atoms. The van der Waals surface area contributed by atoms with Crippen LogP contribution in [0.5, 0.6) is 11.5 Å². The number of esters is 1. The van der Waals surface area contributed by atoms with E-state index >= 15 is 0 Å². The van der Waals surface area contributed by atoms with Crippen LogP contribution in [0, 0.1) is 0 Å². The molecule has 0 aliphatic carbocycles. The number of fused-ring (bicyclic) bond motifs is 1. The second kappa shape index (κ2) is 4.63. The minimum Gasteiger partial charge on any atom is -0.497 e. The number of carbonyl (C=O) groups is 1. The zero-order chi connectivity index (χ0) is 12.4. The summed E-state index contributed by atoms with van der Waals surface area (Å²) in [5, 5.41) is 0. The second-order valence-corrected chi connectivity index (χ2v) is 3.88. The minimum atomic E-state index is -0.644. The molecule has 0 fully saturated rings. The van der Waals surface area contributed by atoms with Crippen LogP contribution in [-0.4, -0.2) is 26.3 Å². The van der Waals surface area contributed by atoms with Crippen molar-refractivity contribution in [2.75, 3.05) is 14.2 Å². The highest BCUT2D eigenvalue weighted by Gasteiger charge is 2.31. The summed E-state index contributed by atoms with van der Waals surface area (Å²) in [6.07, 6.45) is -0.221. The topological polar surface area (TPSA) is 70.8 Å². The maximum absolute atomic E-state index is 11.4. The average Bonchev–Trinajstić information content (AvgIpc) is 2.36. The lowest BCUT2D eigenvalue weighted by molar-refractivity contribution is -0.149. The van der Waals surface area contributed by atoms with Crippen molar-refractivity contribution in [3.05, 3.63) is 23.8 Å². The average molecular weight is 237 g/mol. The monoisotopic (exact) mass is 237 g/mol. The highest BCUT2D eigenvalue weighted by atomic mass is 16.6. The summed E-state index contributed by atoms with van der Waals surface area (Å²) < 4.78 is 15.3. The quantitative estimate of drug-likeness (QED) is 0.777. The number of carbonyl (C=O) groups excluding carboxylic acids is 1. The molecule has 1 aromatic carbocycles. The highest BCUT2D eigenvalue weighted by molar-refractivity contribution is 5.75. The van der Waals surface area contributed by atoms with Gasteiger partial charge in [-0.3, -0.25) is 0 Å². The highest BCUT2D eigenvalue weighted by Crippen LogP contribution is 2.36. The first-order chi connectivity index (χ1) is 8.15. The molecule has 92 valence electrons. The molecule has 5 heteroatoms. The third kappa shape index (κ3) is 2.19. The fourth-order valence-electron chi connectivity index (χ4n) is 1.88. The van der Waals surface area contributed by atoms with Crippen LogP contribution in [0.2, 0.25) is 0 Å². The Morgan fingerprint density at radius 3 is 2.88 bits per heavy atom. The molecule has 2 N–H and O–H groups in total. The summed E-state index contributed by atoms with van der Waals surface area (Å²) in [5.74, 6) is 0.842. The molecule has 1 heterocycles. The number of hydrogen-bond donors (Lipinski definition) is 1. The number of nitrogens with two attached hydrogens (primary N) is 1. The second-order valence-electron chi connectivity index (χ2n) is 3.88. The van der Waals surface area contributed by atoms with Crippen LogP contribution in [0.4, 0.5) is 0 Å². The van der Waals surface area contributed by atoms with Crippen LogP contribution in [0.25, 0.3) is 0 Å². The standard InChI is InChI=1S/C12H15NO4/c1-15-7-3-4-8-9(13)6-11(12(14)16-2)17-10(8)5-7/h3-5,9,11H,6,13H2,1-2H3/t9-,11+/m1/s1. The third-order valence-corrected chi connectivity index (χ3v) is 2.82. The van der Waals surface area contributed by atoms with Crippen molar-refractivity contribution in [3.8, 4) is 11.5 Å². The van der Waals surface area contributed by atoms with Gasteiger partial charge < -0.3 is 19.9 Å². The Bertz CT molecular complexity index is 433. The number of hydrogen-bond acceptors (Lipinski definition) is 5. The lowest BCUT2D eigenvalue weighted by Crippen LogP contribution is -2.36. The van der Waals surface area contributed by atoms with E-state index in [0.717, 1.165) is 5.56 Å². The molecule has 2 rings (SSSR count). The minimum absolute atomic E-state index is 0.228. The predicted octanol–water partition coefficient (Wildman–Crippen LogP) is 1.02. The number of ether oxygens (including phenoxy) is 3. The van der Waals surface area contributed by atoms with Gasteiger partial charge in [0.2, 0.25) is 0 Å². The normalized spacial score (nSPS) is 22.3. The molecule has 17 heavy (non-hydrogen) atoms. The van der Waals surface area contributed by atoms with Gasteiger partial charge in [0.05, 0.1) is 14.2 Å². The lowest BCUT2D eigenvalue weighted by Gasteiger charge is -2.28. The van der Waals surface area contributed by atoms with Gasteiger partial charge in [-0.05, 0) is 6.07 Å².